The Morgan fingerprint density at radius 3 is 2.54 bits per heavy atom. The van der Waals surface area contributed by atoms with Gasteiger partial charge in [-0.1, -0.05) is 6.07 Å². The number of aromatic amines is 1. The number of aromatic nitrogens is 1. The molecule has 128 valence electrons. The van der Waals surface area contributed by atoms with Crippen LogP contribution in [-0.4, -0.2) is 30.1 Å². The number of hydrogen-bond donors (Lipinski definition) is 2. The number of anilines is 1. The zero-order valence-corrected chi connectivity index (χ0v) is 14.4. The van der Waals surface area contributed by atoms with Crippen molar-refractivity contribution in [2.24, 2.45) is 0 Å². The standard InChI is InChI=1S/C18H22N2O4/c1-5-23-17(21)10-16(18(22)24-6-2)20-13-7-8-14-11(3)12(4)19-15(14)9-13/h7-10,19-20H,5-6H2,1-4H3/b16-10-. The van der Waals surface area contributed by atoms with Crippen LogP contribution in [0.15, 0.2) is 30.0 Å². The molecule has 2 aromatic rings. The number of H-pyrrole nitrogens is 1. The number of benzene rings is 1. The van der Waals surface area contributed by atoms with Gasteiger partial charge >= 0.3 is 11.9 Å². The Labute approximate surface area is 140 Å². The van der Waals surface area contributed by atoms with Crippen molar-refractivity contribution in [3.63, 3.8) is 0 Å². The Morgan fingerprint density at radius 1 is 1.17 bits per heavy atom. The number of nitrogens with one attached hydrogen (secondary N) is 2. The molecule has 0 saturated heterocycles. The average molecular weight is 330 g/mol. The van der Waals surface area contributed by atoms with Gasteiger partial charge in [0.25, 0.3) is 0 Å². The van der Waals surface area contributed by atoms with E-state index in [0.29, 0.717) is 5.69 Å². The smallest absolute Gasteiger partial charge is 0.355 e. The Kier molecular flexibility index (Phi) is 5.63. The van der Waals surface area contributed by atoms with Crippen LogP contribution >= 0.6 is 0 Å². The summed E-state index contributed by atoms with van der Waals surface area (Å²) in [5, 5.41) is 4.06. The highest BCUT2D eigenvalue weighted by atomic mass is 16.5. The maximum atomic E-state index is 12.0. The van der Waals surface area contributed by atoms with Crippen LogP contribution < -0.4 is 5.32 Å². The fourth-order valence-corrected chi connectivity index (χ4v) is 2.36. The highest BCUT2D eigenvalue weighted by molar-refractivity contribution is 5.99. The lowest BCUT2D eigenvalue weighted by Crippen LogP contribution is -2.17. The van der Waals surface area contributed by atoms with E-state index in [2.05, 4.69) is 10.3 Å². The van der Waals surface area contributed by atoms with E-state index in [1.54, 1.807) is 13.8 Å². The van der Waals surface area contributed by atoms with Crippen molar-refractivity contribution in [1.82, 2.24) is 4.98 Å². The van der Waals surface area contributed by atoms with E-state index in [1.165, 1.54) is 5.56 Å². The lowest BCUT2D eigenvalue weighted by molar-refractivity contribution is -0.140. The van der Waals surface area contributed by atoms with Crippen LogP contribution in [0, 0.1) is 13.8 Å². The van der Waals surface area contributed by atoms with E-state index in [9.17, 15) is 9.59 Å². The van der Waals surface area contributed by atoms with Gasteiger partial charge in [0, 0.05) is 22.3 Å². The quantitative estimate of drug-likeness (QED) is 0.628. The molecule has 0 aliphatic heterocycles. The van der Waals surface area contributed by atoms with Crippen molar-refractivity contribution < 1.29 is 19.1 Å². The molecule has 0 radical (unpaired) electrons. The largest absolute Gasteiger partial charge is 0.463 e. The predicted molar refractivity (Wildman–Crippen MR) is 92.7 cm³/mol. The molecule has 0 spiro atoms. The molecule has 0 saturated carbocycles. The molecule has 6 heteroatoms. The van der Waals surface area contributed by atoms with Crippen molar-refractivity contribution >= 4 is 28.5 Å². The lowest BCUT2D eigenvalue weighted by Gasteiger charge is -2.10. The Hall–Kier alpha value is -2.76. The molecular weight excluding hydrogens is 308 g/mol. The number of carbonyl (C=O) groups excluding carboxylic acids is 2. The van der Waals surface area contributed by atoms with Gasteiger partial charge in [-0.3, -0.25) is 0 Å². The molecule has 2 N–H and O–H groups in total. The first-order valence-electron chi connectivity index (χ1n) is 7.87. The minimum atomic E-state index is -0.607. The number of fused-ring (bicyclic) bond motifs is 1. The SMILES string of the molecule is CCOC(=O)/C=C(\Nc1ccc2c(C)c(C)[nH]c2c1)C(=O)OCC. The van der Waals surface area contributed by atoms with Crippen LogP contribution in [0.4, 0.5) is 5.69 Å². The molecule has 6 nitrogen and oxygen atoms in total. The van der Waals surface area contributed by atoms with Crippen LogP contribution in [0.5, 0.6) is 0 Å². The monoisotopic (exact) mass is 330 g/mol. The van der Waals surface area contributed by atoms with Crippen LogP contribution in [-0.2, 0) is 19.1 Å². The number of esters is 2. The Bertz CT molecular complexity index is 790. The highest BCUT2D eigenvalue weighted by Gasteiger charge is 2.14. The molecule has 0 aliphatic rings. The molecule has 0 unspecified atom stereocenters. The van der Waals surface area contributed by atoms with Crippen LogP contribution in [0.2, 0.25) is 0 Å². The van der Waals surface area contributed by atoms with Crippen LogP contribution in [0.3, 0.4) is 0 Å². The van der Waals surface area contributed by atoms with Crippen molar-refractivity contribution in [1.29, 1.82) is 0 Å². The summed E-state index contributed by atoms with van der Waals surface area (Å²) >= 11 is 0. The lowest BCUT2D eigenvalue weighted by atomic mass is 10.1. The van der Waals surface area contributed by atoms with Crippen LogP contribution in [0.1, 0.15) is 25.1 Å². The zero-order valence-electron chi connectivity index (χ0n) is 14.4. The Balaban J connectivity index is 2.31. The Morgan fingerprint density at radius 2 is 1.88 bits per heavy atom. The maximum absolute atomic E-state index is 12.0. The van der Waals surface area contributed by atoms with Gasteiger partial charge in [-0.05, 0) is 45.4 Å². The third-order valence-electron chi connectivity index (χ3n) is 3.63. The third kappa shape index (κ3) is 3.95. The molecule has 0 aliphatic carbocycles. The van der Waals surface area contributed by atoms with Gasteiger partial charge in [-0.2, -0.15) is 0 Å². The summed E-state index contributed by atoms with van der Waals surface area (Å²) in [6.07, 6.45) is 1.11. The first-order chi connectivity index (χ1) is 11.5. The molecular formula is C18H22N2O4. The number of hydrogen-bond acceptors (Lipinski definition) is 5. The van der Waals surface area contributed by atoms with E-state index >= 15 is 0 Å². The number of rotatable bonds is 6. The van der Waals surface area contributed by atoms with Gasteiger partial charge in [0.1, 0.15) is 5.70 Å². The summed E-state index contributed by atoms with van der Waals surface area (Å²) in [6.45, 7) is 7.91. The molecule has 1 aromatic carbocycles. The van der Waals surface area contributed by atoms with E-state index in [-0.39, 0.29) is 18.9 Å². The van der Waals surface area contributed by atoms with E-state index in [1.807, 2.05) is 32.0 Å². The fourth-order valence-electron chi connectivity index (χ4n) is 2.36. The molecule has 0 amide bonds. The summed E-state index contributed by atoms with van der Waals surface area (Å²) in [6, 6.07) is 5.69. The normalized spacial score (nSPS) is 11.4. The van der Waals surface area contributed by atoms with Gasteiger partial charge < -0.3 is 19.8 Å². The van der Waals surface area contributed by atoms with Gasteiger partial charge in [0.2, 0.25) is 0 Å². The van der Waals surface area contributed by atoms with Gasteiger partial charge in [-0.25, -0.2) is 9.59 Å². The molecule has 0 atom stereocenters. The minimum absolute atomic E-state index is 0.0367. The summed E-state index contributed by atoms with van der Waals surface area (Å²) < 4.78 is 9.84. The first-order valence-corrected chi connectivity index (χ1v) is 7.87. The molecule has 2 rings (SSSR count). The summed E-state index contributed by atoms with van der Waals surface area (Å²) in [5.74, 6) is -1.20. The fraction of sp³-hybridized carbons (Fsp3) is 0.333. The minimum Gasteiger partial charge on any atom is -0.463 e. The van der Waals surface area contributed by atoms with E-state index in [4.69, 9.17) is 9.47 Å². The van der Waals surface area contributed by atoms with Crippen molar-refractivity contribution in [2.75, 3.05) is 18.5 Å². The second kappa shape index (κ2) is 7.68. The van der Waals surface area contributed by atoms with Gasteiger partial charge in [-0.15, -0.1) is 0 Å². The highest BCUT2D eigenvalue weighted by Crippen LogP contribution is 2.25. The molecule has 0 fully saturated rings. The second-order valence-corrected chi connectivity index (χ2v) is 5.29. The molecule has 1 heterocycles. The predicted octanol–water partition coefficient (Wildman–Crippen LogP) is 3.21. The second-order valence-electron chi connectivity index (χ2n) is 5.29. The topological polar surface area (TPSA) is 80.4 Å². The van der Waals surface area contributed by atoms with Crippen molar-refractivity contribution in [3.8, 4) is 0 Å². The molecule has 1 aromatic heterocycles. The van der Waals surface area contributed by atoms with Gasteiger partial charge in [0.05, 0.1) is 19.3 Å². The zero-order chi connectivity index (χ0) is 17.7. The number of ether oxygens (including phenoxy) is 2. The molecule has 24 heavy (non-hydrogen) atoms. The first kappa shape index (κ1) is 17.6. The number of carbonyl (C=O) groups is 2. The van der Waals surface area contributed by atoms with Gasteiger partial charge in [0.15, 0.2) is 0 Å². The average Bonchev–Trinajstić information content (AvgIpc) is 2.81. The van der Waals surface area contributed by atoms with Crippen LogP contribution in [0.25, 0.3) is 10.9 Å². The maximum Gasteiger partial charge on any atom is 0.355 e. The van der Waals surface area contributed by atoms with E-state index < -0.39 is 11.9 Å². The summed E-state index contributed by atoms with van der Waals surface area (Å²) in [5.41, 5.74) is 3.94. The summed E-state index contributed by atoms with van der Waals surface area (Å²) in [4.78, 5) is 27.0. The molecule has 0 bridgehead atoms. The van der Waals surface area contributed by atoms with Crippen molar-refractivity contribution in [3.05, 3.63) is 41.2 Å². The summed E-state index contributed by atoms with van der Waals surface area (Å²) in [7, 11) is 0. The van der Waals surface area contributed by atoms with Crippen molar-refractivity contribution in [2.45, 2.75) is 27.7 Å². The number of aryl methyl sites for hydroxylation is 2. The third-order valence-corrected chi connectivity index (χ3v) is 3.63. The van der Waals surface area contributed by atoms with E-state index in [0.717, 1.165) is 22.7 Å².